The summed E-state index contributed by atoms with van der Waals surface area (Å²) in [5.41, 5.74) is -0.264. The molecule has 2 unspecified atom stereocenters. The number of carbonyl (C=O) groups excluding carboxylic acids is 2. The Morgan fingerprint density at radius 1 is 1.07 bits per heavy atom. The van der Waals surface area contributed by atoms with Gasteiger partial charge in [0.05, 0.1) is 29.8 Å². The van der Waals surface area contributed by atoms with Crippen molar-refractivity contribution in [3.63, 3.8) is 0 Å². The number of hydrogen-bond donors (Lipinski definition) is 1. The van der Waals surface area contributed by atoms with Gasteiger partial charge in [-0.2, -0.15) is 0 Å². The van der Waals surface area contributed by atoms with Crippen LogP contribution in [0, 0.1) is 29.0 Å². The van der Waals surface area contributed by atoms with Gasteiger partial charge in [-0.05, 0) is 68.1 Å². The SMILES string of the molecule is O=C(c1ccc(F)cc1NC(=O)C12CC3CC(CC1C3)C2)N1CC(F)(F)C1. The summed E-state index contributed by atoms with van der Waals surface area (Å²) >= 11 is 0. The van der Waals surface area contributed by atoms with Gasteiger partial charge in [-0.1, -0.05) is 0 Å². The summed E-state index contributed by atoms with van der Waals surface area (Å²) in [6.45, 7) is -1.29. The molecule has 1 aromatic rings. The normalized spacial score (nSPS) is 35.2. The van der Waals surface area contributed by atoms with E-state index < -0.39 is 36.2 Å². The van der Waals surface area contributed by atoms with E-state index in [9.17, 15) is 22.8 Å². The quantitative estimate of drug-likeness (QED) is 0.872. The van der Waals surface area contributed by atoms with Crippen molar-refractivity contribution >= 4 is 17.5 Å². The Bertz CT molecular complexity index is 819. The molecule has 2 atom stereocenters. The van der Waals surface area contributed by atoms with Crippen molar-refractivity contribution in [1.82, 2.24) is 4.90 Å². The first-order chi connectivity index (χ1) is 12.8. The molecule has 7 heteroatoms. The Kier molecular flexibility index (Phi) is 3.47. The highest BCUT2D eigenvalue weighted by Gasteiger charge is 2.61. The molecule has 0 aromatic heterocycles. The fourth-order valence-electron chi connectivity index (χ4n) is 6.05. The van der Waals surface area contributed by atoms with E-state index in [0.717, 1.165) is 42.7 Å². The van der Waals surface area contributed by atoms with Gasteiger partial charge in [-0.25, -0.2) is 13.2 Å². The third kappa shape index (κ3) is 2.57. The Morgan fingerprint density at radius 3 is 2.37 bits per heavy atom. The van der Waals surface area contributed by atoms with Crippen molar-refractivity contribution in [3.8, 4) is 0 Å². The van der Waals surface area contributed by atoms with Crippen LogP contribution in [0.3, 0.4) is 0 Å². The summed E-state index contributed by atoms with van der Waals surface area (Å²) in [5, 5.41) is 2.79. The molecule has 4 aliphatic carbocycles. The Morgan fingerprint density at radius 2 is 1.74 bits per heavy atom. The van der Waals surface area contributed by atoms with E-state index >= 15 is 0 Å². The molecule has 1 heterocycles. The molecule has 27 heavy (non-hydrogen) atoms. The van der Waals surface area contributed by atoms with Crippen molar-refractivity contribution < 1.29 is 22.8 Å². The largest absolute Gasteiger partial charge is 0.326 e. The number of benzene rings is 1. The van der Waals surface area contributed by atoms with Gasteiger partial charge in [0.15, 0.2) is 0 Å². The summed E-state index contributed by atoms with van der Waals surface area (Å²) in [7, 11) is 0. The molecule has 5 aliphatic rings. The summed E-state index contributed by atoms with van der Waals surface area (Å²) < 4.78 is 40.0. The maximum atomic E-state index is 13.8. The second-order valence-electron chi connectivity index (χ2n) is 8.86. The van der Waals surface area contributed by atoms with Crippen LogP contribution in [0.2, 0.25) is 0 Å². The van der Waals surface area contributed by atoms with E-state index in [2.05, 4.69) is 5.32 Å². The Labute approximate surface area is 155 Å². The molecule has 4 nitrogen and oxygen atoms in total. The standard InChI is InChI=1S/C20H21F3N2O2/c21-14-1-2-15(17(26)25-9-20(22,23)10-25)16(6-14)24-18(27)19-7-11-3-12(8-19)5-13(19)4-11/h1-2,6,11-13H,3-5,7-10H2,(H,24,27). The van der Waals surface area contributed by atoms with Gasteiger partial charge >= 0.3 is 0 Å². The zero-order chi connectivity index (χ0) is 19.0. The molecular weight excluding hydrogens is 357 g/mol. The van der Waals surface area contributed by atoms with Crippen molar-refractivity contribution in [1.29, 1.82) is 0 Å². The molecule has 5 fully saturated rings. The van der Waals surface area contributed by atoms with Crippen LogP contribution < -0.4 is 5.32 Å². The minimum Gasteiger partial charge on any atom is -0.326 e. The second-order valence-corrected chi connectivity index (χ2v) is 8.86. The Hall–Kier alpha value is -2.05. The van der Waals surface area contributed by atoms with Gasteiger partial charge in [-0.15, -0.1) is 0 Å². The highest BCUT2D eigenvalue weighted by Crippen LogP contribution is 2.65. The van der Waals surface area contributed by atoms with Crippen LogP contribution in [0.25, 0.3) is 0 Å². The number of likely N-dealkylation sites (tertiary alicyclic amines) is 1. The van der Waals surface area contributed by atoms with Crippen LogP contribution in [0.5, 0.6) is 0 Å². The van der Waals surface area contributed by atoms with Gasteiger partial charge < -0.3 is 10.2 Å². The zero-order valence-corrected chi connectivity index (χ0v) is 14.8. The van der Waals surface area contributed by atoms with E-state index in [4.69, 9.17) is 0 Å². The van der Waals surface area contributed by atoms with Crippen LogP contribution >= 0.6 is 0 Å². The van der Waals surface area contributed by atoms with Crippen molar-refractivity contribution in [2.24, 2.45) is 23.2 Å². The molecule has 6 rings (SSSR count). The molecule has 0 radical (unpaired) electrons. The lowest BCUT2D eigenvalue weighted by Gasteiger charge is -2.39. The summed E-state index contributed by atoms with van der Waals surface area (Å²) in [6, 6.07) is 3.49. The van der Waals surface area contributed by atoms with Crippen molar-refractivity contribution in [3.05, 3.63) is 29.6 Å². The van der Waals surface area contributed by atoms with Crippen LogP contribution in [0.4, 0.5) is 18.9 Å². The van der Waals surface area contributed by atoms with Gasteiger partial charge in [0.1, 0.15) is 5.82 Å². The summed E-state index contributed by atoms with van der Waals surface area (Å²) in [5.74, 6) is -2.67. The number of carbonyl (C=O) groups is 2. The number of alkyl halides is 2. The van der Waals surface area contributed by atoms with Gasteiger partial charge in [-0.3, -0.25) is 9.59 Å². The maximum Gasteiger partial charge on any atom is 0.282 e. The number of halogens is 3. The highest BCUT2D eigenvalue weighted by atomic mass is 19.3. The summed E-state index contributed by atoms with van der Waals surface area (Å²) in [6.07, 6.45) is 5.05. The van der Waals surface area contributed by atoms with E-state index in [1.807, 2.05) is 0 Å². The molecule has 2 amide bonds. The van der Waals surface area contributed by atoms with Gasteiger partial charge in [0, 0.05) is 0 Å². The Balaban J connectivity index is 1.40. The van der Waals surface area contributed by atoms with E-state index in [0.29, 0.717) is 17.8 Å². The molecule has 1 aromatic carbocycles. The van der Waals surface area contributed by atoms with E-state index in [1.165, 1.54) is 12.5 Å². The molecule has 1 aliphatic heterocycles. The smallest absolute Gasteiger partial charge is 0.282 e. The summed E-state index contributed by atoms with van der Waals surface area (Å²) in [4.78, 5) is 26.7. The predicted octanol–water partition coefficient (Wildman–Crippen LogP) is 3.68. The zero-order valence-electron chi connectivity index (χ0n) is 14.8. The van der Waals surface area contributed by atoms with Crippen LogP contribution in [-0.2, 0) is 4.79 Å². The topological polar surface area (TPSA) is 49.4 Å². The average molecular weight is 378 g/mol. The third-order valence-corrected chi connectivity index (χ3v) is 7.03. The van der Waals surface area contributed by atoms with Crippen LogP contribution in [0.15, 0.2) is 18.2 Å². The third-order valence-electron chi connectivity index (χ3n) is 7.03. The minimum absolute atomic E-state index is 0.0642. The van der Waals surface area contributed by atoms with Gasteiger partial charge in [0.2, 0.25) is 5.91 Å². The minimum atomic E-state index is -2.87. The second kappa shape index (κ2) is 5.49. The number of amides is 2. The maximum absolute atomic E-state index is 13.8. The van der Waals surface area contributed by atoms with Crippen LogP contribution in [-0.4, -0.2) is 35.7 Å². The molecule has 144 valence electrons. The number of nitrogens with zero attached hydrogens (tertiary/aromatic N) is 1. The first-order valence-electron chi connectivity index (χ1n) is 9.54. The first kappa shape index (κ1) is 17.1. The van der Waals surface area contributed by atoms with Crippen molar-refractivity contribution in [2.45, 2.75) is 38.0 Å². The number of nitrogens with one attached hydrogen (secondary N) is 1. The predicted molar refractivity (Wildman–Crippen MR) is 91.9 cm³/mol. The molecule has 1 saturated heterocycles. The van der Waals surface area contributed by atoms with Crippen molar-refractivity contribution in [2.75, 3.05) is 18.4 Å². The van der Waals surface area contributed by atoms with E-state index in [1.54, 1.807) is 0 Å². The fourth-order valence-corrected chi connectivity index (χ4v) is 6.05. The molecule has 4 saturated carbocycles. The highest BCUT2D eigenvalue weighted by molar-refractivity contribution is 6.05. The number of rotatable bonds is 3. The molecule has 0 spiro atoms. The van der Waals surface area contributed by atoms with Crippen LogP contribution in [0.1, 0.15) is 42.5 Å². The van der Waals surface area contributed by atoms with Gasteiger partial charge in [0.25, 0.3) is 11.8 Å². The lowest BCUT2D eigenvalue weighted by molar-refractivity contribution is -0.127. The number of hydrogen-bond acceptors (Lipinski definition) is 2. The average Bonchev–Trinajstić information content (AvgIpc) is 2.97. The molecule has 1 N–H and O–H groups in total. The number of anilines is 1. The lowest BCUT2D eigenvalue weighted by Crippen LogP contribution is -2.58. The fraction of sp³-hybridized carbons (Fsp3) is 0.600. The first-order valence-corrected chi connectivity index (χ1v) is 9.54. The molecule has 4 bridgehead atoms. The monoisotopic (exact) mass is 378 g/mol. The van der Waals surface area contributed by atoms with E-state index in [-0.39, 0.29) is 17.2 Å². The molecular formula is C20H21F3N2O2. The lowest BCUT2D eigenvalue weighted by atomic mass is 9.75.